The average Bonchev–Trinajstić information content (AvgIpc) is 2.81. The molecule has 0 saturated carbocycles. The Bertz CT molecular complexity index is 599. The number of benzene rings is 1. The maximum atomic E-state index is 9.75. The fourth-order valence-corrected chi connectivity index (χ4v) is 4.45. The van der Waals surface area contributed by atoms with Gasteiger partial charge >= 0.3 is 12.0 Å². The molecule has 0 unspecified atom stereocenters. The first-order valence-corrected chi connectivity index (χ1v) is 8.52. The van der Waals surface area contributed by atoms with Gasteiger partial charge in [-0.15, -0.1) is 0 Å². The summed E-state index contributed by atoms with van der Waals surface area (Å²) >= 11 is 0. The molecule has 0 N–H and O–H groups in total. The van der Waals surface area contributed by atoms with Crippen molar-refractivity contribution in [3.63, 3.8) is 0 Å². The molecule has 0 amide bonds. The second kappa shape index (κ2) is 8.33. The molecule has 1 nitrogen and oxygen atoms in total. The zero-order chi connectivity index (χ0) is 15.9. The third kappa shape index (κ3) is 6.43. The van der Waals surface area contributed by atoms with E-state index < -0.39 is 7.25 Å². The smallest absolute Gasteiger partial charge is 0.418 e. The normalized spacial score (nSPS) is 12.0. The molecule has 116 valence electrons. The SMILES string of the molecule is CC[O+]=c1ssc(-c2ccccc2)c1CC.F[B-](F)(F)F. The molecular formula is C13H15BF4OS2. The van der Waals surface area contributed by atoms with Gasteiger partial charge in [0.25, 0.3) is 6.61 Å². The lowest BCUT2D eigenvalue weighted by atomic mass is 10.1. The second-order valence-corrected chi connectivity index (χ2v) is 6.02. The lowest BCUT2D eigenvalue weighted by Crippen LogP contribution is -2.02. The first-order valence-electron chi connectivity index (χ1n) is 6.37. The minimum atomic E-state index is -6.00. The topological polar surface area (TPSA) is 11.3 Å². The highest BCUT2D eigenvalue weighted by molar-refractivity contribution is 7.69. The summed E-state index contributed by atoms with van der Waals surface area (Å²) in [4.78, 5) is 1.36. The molecule has 0 atom stereocenters. The van der Waals surface area contributed by atoms with Crippen molar-refractivity contribution in [2.75, 3.05) is 6.61 Å². The van der Waals surface area contributed by atoms with Crippen LogP contribution in [0.5, 0.6) is 0 Å². The minimum Gasteiger partial charge on any atom is -0.418 e. The van der Waals surface area contributed by atoms with Gasteiger partial charge in [0.05, 0.1) is 10.4 Å². The molecule has 0 aliphatic carbocycles. The summed E-state index contributed by atoms with van der Waals surface area (Å²) in [5.41, 5.74) is 2.65. The van der Waals surface area contributed by atoms with Crippen molar-refractivity contribution in [2.45, 2.75) is 20.3 Å². The molecule has 2 aromatic rings. The molecular weight excluding hydrogens is 323 g/mol. The Morgan fingerprint density at radius 3 is 2.05 bits per heavy atom. The van der Waals surface area contributed by atoms with Crippen LogP contribution in [-0.2, 0) is 6.42 Å². The number of hydrogen-bond acceptors (Lipinski definition) is 2. The summed E-state index contributed by atoms with van der Waals surface area (Å²) in [6.45, 7) is 4.96. The Labute approximate surface area is 128 Å². The second-order valence-electron chi connectivity index (χ2n) is 3.91. The van der Waals surface area contributed by atoms with Gasteiger partial charge in [0.15, 0.2) is 0 Å². The van der Waals surface area contributed by atoms with Crippen molar-refractivity contribution in [3.05, 3.63) is 45.1 Å². The predicted molar refractivity (Wildman–Crippen MR) is 84.0 cm³/mol. The Morgan fingerprint density at radius 2 is 1.57 bits per heavy atom. The molecule has 0 saturated heterocycles. The van der Waals surface area contributed by atoms with Crippen LogP contribution in [0.1, 0.15) is 19.4 Å². The van der Waals surface area contributed by atoms with Crippen molar-refractivity contribution in [1.29, 1.82) is 0 Å². The van der Waals surface area contributed by atoms with Crippen LogP contribution in [0.4, 0.5) is 17.3 Å². The minimum absolute atomic E-state index is 0.745. The summed E-state index contributed by atoms with van der Waals surface area (Å²) < 4.78 is 45.8. The zero-order valence-electron chi connectivity index (χ0n) is 11.6. The van der Waals surface area contributed by atoms with Crippen LogP contribution in [0.3, 0.4) is 0 Å². The molecule has 0 fully saturated rings. The molecule has 1 heterocycles. The van der Waals surface area contributed by atoms with Gasteiger partial charge in [-0.2, -0.15) is 0 Å². The highest BCUT2D eigenvalue weighted by atomic mass is 32.9. The largest absolute Gasteiger partial charge is 0.673 e. The van der Waals surface area contributed by atoms with Gasteiger partial charge < -0.3 is 17.3 Å². The van der Waals surface area contributed by atoms with Crippen LogP contribution in [-0.4, -0.2) is 13.9 Å². The Balaban J connectivity index is 0.000000383. The van der Waals surface area contributed by atoms with E-state index in [1.807, 2.05) is 17.3 Å². The number of halogens is 4. The summed E-state index contributed by atoms with van der Waals surface area (Å²) in [7, 11) is -2.45. The third-order valence-electron chi connectivity index (χ3n) is 2.39. The average molecular weight is 338 g/mol. The maximum absolute atomic E-state index is 9.75. The standard InChI is InChI=1S/C13H15OS2.BF4/c1-3-11-12(10-8-6-5-7-9-10)15-16-13(11)14-4-2;2-1(3,4)5/h5-9H,3-4H2,1-2H3;/q+1;-1. The third-order valence-corrected chi connectivity index (χ3v) is 4.84. The van der Waals surface area contributed by atoms with Gasteiger partial charge in [0.1, 0.15) is 0 Å². The molecule has 0 aliphatic heterocycles. The van der Waals surface area contributed by atoms with Crippen molar-refractivity contribution < 1.29 is 17.3 Å². The van der Waals surface area contributed by atoms with Crippen molar-refractivity contribution in [1.82, 2.24) is 0 Å². The van der Waals surface area contributed by atoms with E-state index >= 15 is 0 Å². The Kier molecular flexibility index (Phi) is 7.11. The highest BCUT2D eigenvalue weighted by Gasteiger charge is 2.20. The predicted octanol–water partition coefficient (Wildman–Crippen LogP) is 5.25. The quantitative estimate of drug-likeness (QED) is 0.313. The lowest BCUT2D eigenvalue weighted by molar-refractivity contribution is 0.368. The van der Waals surface area contributed by atoms with Gasteiger partial charge in [0, 0.05) is 17.3 Å². The molecule has 2 rings (SSSR count). The number of hydrogen-bond donors (Lipinski definition) is 0. The number of rotatable bonds is 3. The van der Waals surface area contributed by atoms with Gasteiger partial charge in [-0.3, -0.25) is 0 Å². The van der Waals surface area contributed by atoms with Gasteiger partial charge in [-0.1, -0.05) is 47.6 Å². The van der Waals surface area contributed by atoms with Crippen molar-refractivity contribution >= 4 is 27.9 Å². The Hall–Kier alpha value is -1.15. The van der Waals surface area contributed by atoms with Gasteiger partial charge in [-0.05, 0) is 12.0 Å². The molecule has 0 aliphatic rings. The van der Waals surface area contributed by atoms with E-state index in [0.29, 0.717) is 0 Å². The fourth-order valence-electron chi connectivity index (χ4n) is 1.63. The van der Waals surface area contributed by atoms with E-state index in [1.165, 1.54) is 16.0 Å². The first kappa shape index (κ1) is 17.9. The zero-order valence-corrected chi connectivity index (χ0v) is 13.2. The molecule has 1 aromatic heterocycles. The highest BCUT2D eigenvalue weighted by Crippen LogP contribution is 2.29. The van der Waals surface area contributed by atoms with Crippen LogP contribution < -0.4 is 4.74 Å². The monoisotopic (exact) mass is 338 g/mol. The first-order chi connectivity index (χ1) is 9.86. The molecule has 0 radical (unpaired) electrons. The molecule has 0 bridgehead atoms. The van der Waals surface area contributed by atoms with E-state index in [0.717, 1.165) is 17.8 Å². The van der Waals surface area contributed by atoms with E-state index in [2.05, 4.69) is 37.3 Å². The van der Waals surface area contributed by atoms with Crippen LogP contribution >= 0.6 is 20.7 Å². The van der Waals surface area contributed by atoms with E-state index in [1.54, 1.807) is 10.3 Å². The molecule has 21 heavy (non-hydrogen) atoms. The van der Waals surface area contributed by atoms with Crippen LogP contribution in [0, 0.1) is 0 Å². The summed E-state index contributed by atoms with van der Waals surface area (Å²) in [5.74, 6) is 0. The van der Waals surface area contributed by atoms with E-state index in [-0.39, 0.29) is 0 Å². The summed E-state index contributed by atoms with van der Waals surface area (Å²) in [6, 6.07) is 10.5. The molecule has 1 aromatic carbocycles. The molecule has 0 spiro atoms. The summed E-state index contributed by atoms with van der Waals surface area (Å²) in [5, 5.41) is 0. The van der Waals surface area contributed by atoms with Crippen LogP contribution in [0.25, 0.3) is 10.4 Å². The summed E-state index contributed by atoms with van der Waals surface area (Å²) in [6.07, 6.45) is 1.03. The Morgan fingerprint density at radius 1 is 1.00 bits per heavy atom. The van der Waals surface area contributed by atoms with Gasteiger partial charge in [0.2, 0.25) is 0 Å². The lowest BCUT2D eigenvalue weighted by Gasteiger charge is -1.97. The van der Waals surface area contributed by atoms with Crippen molar-refractivity contribution in [2.24, 2.45) is 0 Å². The van der Waals surface area contributed by atoms with Gasteiger partial charge in [-0.25, -0.2) is 4.42 Å². The molecule has 8 heteroatoms. The fraction of sp³-hybridized carbons (Fsp3) is 0.308. The van der Waals surface area contributed by atoms with E-state index in [9.17, 15) is 17.3 Å². The van der Waals surface area contributed by atoms with Crippen molar-refractivity contribution in [3.8, 4) is 10.4 Å². The van der Waals surface area contributed by atoms with Crippen LogP contribution in [0.15, 0.2) is 34.8 Å². The van der Waals surface area contributed by atoms with E-state index in [4.69, 9.17) is 4.42 Å². The maximum Gasteiger partial charge on any atom is 0.673 e. The van der Waals surface area contributed by atoms with Crippen LogP contribution in [0.2, 0.25) is 0 Å².